The Morgan fingerprint density at radius 3 is 2.61 bits per heavy atom. The molecule has 2 aromatic heterocycles. The highest BCUT2D eigenvalue weighted by molar-refractivity contribution is 7.20. The predicted octanol–water partition coefficient (Wildman–Crippen LogP) is 4.40. The molecule has 0 unspecified atom stereocenters. The van der Waals surface area contributed by atoms with E-state index in [0.29, 0.717) is 0 Å². The first kappa shape index (κ1) is 20.5. The topological polar surface area (TPSA) is 50.6 Å². The second-order valence-electron chi connectivity index (χ2n) is 8.65. The van der Waals surface area contributed by atoms with Crippen LogP contribution in [0.15, 0.2) is 30.3 Å². The molecule has 0 spiro atoms. The molecule has 31 heavy (non-hydrogen) atoms. The number of thiophene rings is 1. The standard InChI is InChI=1S/C24H30N4O2S/c1-26-24-20(22(25-26)17-7-6-10-19(15-17)30-2)16-21(31-24)23(29)28-13-11-27(12-14-28)18-8-4-3-5-9-18/h6-7,10,15-16,18H,3-5,8-9,11-14H2,1-2H3. The van der Waals surface area contributed by atoms with Gasteiger partial charge in [-0.2, -0.15) is 5.10 Å². The number of aromatic nitrogens is 2. The average molecular weight is 439 g/mol. The van der Waals surface area contributed by atoms with E-state index in [1.807, 2.05) is 47.0 Å². The summed E-state index contributed by atoms with van der Waals surface area (Å²) < 4.78 is 7.26. The number of aryl methyl sites for hydroxylation is 1. The van der Waals surface area contributed by atoms with Crippen LogP contribution in [0.1, 0.15) is 41.8 Å². The van der Waals surface area contributed by atoms with Crippen LogP contribution in [0.25, 0.3) is 21.5 Å². The summed E-state index contributed by atoms with van der Waals surface area (Å²) in [5.74, 6) is 0.958. The molecule has 164 valence electrons. The second kappa shape index (κ2) is 8.63. The number of benzene rings is 1. The van der Waals surface area contributed by atoms with E-state index in [9.17, 15) is 4.79 Å². The van der Waals surface area contributed by atoms with Gasteiger partial charge in [0.25, 0.3) is 5.91 Å². The van der Waals surface area contributed by atoms with Crippen molar-refractivity contribution in [2.45, 2.75) is 38.1 Å². The molecule has 1 saturated heterocycles. The van der Waals surface area contributed by atoms with Crippen LogP contribution in [0.2, 0.25) is 0 Å². The number of fused-ring (bicyclic) bond motifs is 1. The molecule has 6 nitrogen and oxygen atoms in total. The first-order valence-electron chi connectivity index (χ1n) is 11.3. The van der Waals surface area contributed by atoms with Crippen LogP contribution in [0.4, 0.5) is 0 Å². The smallest absolute Gasteiger partial charge is 0.264 e. The number of rotatable bonds is 4. The summed E-state index contributed by atoms with van der Waals surface area (Å²) in [4.78, 5) is 19.8. The number of methoxy groups -OCH3 is 1. The zero-order chi connectivity index (χ0) is 21.4. The molecule has 2 fully saturated rings. The maximum atomic E-state index is 13.3. The van der Waals surface area contributed by atoms with Gasteiger partial charge in [-0.3, -0.25) is 14.4 Å². The van der Waals surface area contributed by atoms with Gasteiger partial charge in [0.05, 0.1) is 12.0 Å². The number of piperazine rings is 1. The lowest BCUT2D eigenvalue weighted by Gasteiger charge is -2.40. The van der Waals surface area contributed by atoms with Crippen LogP contribution >= 0.6 is 11.3 Å². The van der Waals surface area contributed by atoms with E-state index < -0.39 is 0 Å². The molecular weight excluding hydrogens is 408 g/mol. The fourth-order valence-corrected chi connectivity index (χ4v) is 6.06. The fourth-order valence-electron chi connectivity index (χ4n) is 5.02. The molecule has 2 aliphatic rings. The third-order valence-corrected chi connectivity index (χ3v) is 7.95. The molecule has 3 aromatic rings. The fraction of sp³-hybridized carbons (Fsp3) is 0.500. The zero-order valence-corrected chi connectivity index (χ0v) is 19.2. The summed E-state index contributed by atoms with van der Waals surface area (Å²) in [6, 6.07) is 10.7. The summed E-state index contributed by atoms with van der Waals surface area (Å²) in [6.07, 6.45) is 6.74. The molecule has 0 radical (unpaired) electrons. The summed E-state index contributed by atoms with van der Waals surface area (Å²) in [5, 5.41) is 5.74. The van der Waals surface area contributed by atoms with E-state index in [1.165, 1.54) is 32.1 Å². The Labute approximate surface area is 187 Å². The van der Waals surface area contributed by atoms with E-state index in [2.05, 4.69) is 4.90 Å². The molecule has 1 aromatic carbocycles. The number of hydrogen-bond acceptors (Lipinski definition) is 5. The number of nitrogens with zero attached hydrogens (tertiary/aromatic N) is 4. The highest BCUT2D eigenvalue weighted by Crippen LogP contribution is 2.35. The van der Waals surface area contributed by atoms with Crippen molar-refractivity contribution in [3.05, 3.63) is 35.2 Å². The SMILES string of the molecule is COc1cccc(-c2nn(C)c3sc(C(=O)N4CCN(C5CCCCC5)CC4)cc23)c1. The van der Waals surface area contributed by atoms with Crippen LogP contribution in [0.5, 0.6) is 5.75 Å². The molecule has 0 N–H and O–H groups in total. The van der Waals surface area contributed by atoms with E-state index in [-0.39, 0.29) is 5.91 Å². The van der Waals surface area contributed by atoms with Gasteiger partial charge in [0.1, 0.15) is 16.3 Å². The number of hydrogen-bond donors (Lipinski definition) is 0. The Balaban J connectivity index is 1.34. The van der Waals surface area contributed by atoms with Crippen molar-refractivity contribution in [1.82, 2.24) is 19.6 Å². The van der Waals surface area contributed by atoms with Crippen molar-refractivity contribution in [2.75, 3.05) is 33.3 Å². The highest BCUT2D eigenvalue weighted by atomic mass is 32.1. The molecular formula is C24H30N4O2S. The van der Waals surface area contributed by atoms with Gasteiger partial charge in [-0.15, -0.1) is 11.3 Å². The van der Waals surface area contributed by atoms with E-state index in [4.69, 9.17) is 9.84 Å². The molecule has 1 aliphatic carbocycles. The van der Waals surface area contributed by atoms with Gasteiger partial charge in [-0.05, 0) is 31.0 Å². The lowest BCUT2D eigenvalue weighted by Crippen LogP contribution is -2.52. The second-order valence-corrected chi connectivity index (χ2v) is 9.68. The molecule has 1 amide bonds. The van der Waals surface area contributed by atoms with Gasteiger partial charge in [0.2, 0.25) is 0 Å². The van der Waals surface area contributed by atoms with Gasteiger partial charge in [-0.25, -0.2) is 0 Å². The minimum Gasteiger partial charge on any atom is -0.497 e. The van der Waals surface area contributed by atoms with Crippen molar-refractivity contribution in [2.24, 2.45) is 7.05 Å². The van der Waals surface area contributed by atoms with Crippen molar-refractivity contribution in [1.29, 1.82) is 0 Å². The Kier molecular flexibility index (Phi) is 5.71. The van der Waals surface area contributed by atoms with Crippen LogP contribution < -0.4 is 4.74 Å². The third kappa shape index (κ3) is 3.96. The molecule has 0 atom stereocenters. The van der Waals surface area contributed by atoms with E-state index in [0.717, 1.165) is 64.3 Å². The summed E-state index contributed by atoms with van der Waals surface area (Å²) in [6.45, 7) is 3.64. The zero-order valence-electron chi connectivity index (χ0n) is 18.3. The number of amides is 1. The Morgan fingerprint density at radius 1 is 1.10 bits per heavy atom. The van der Waals surface area contributed by atoms with Gasteiger partial charge in [0.15, 0.2) is 0 Å². The molecule has 5 rings (SSSR count). The average Bonchev–Trinajstić information content (AvgIpc) is 3.40. The van der Waals surface area contributed by atoms with Crippen molar-refractivity contribution in [3.63, 3.8) is 0 Å². The molecule has 0 bridgehead atoms. The number of ether oxygens (including phenoxy) is 1. The predicted molar refractivity (Wildman–Crippen MR) is 125 cm³/mol. The van der Waals surface area contributed by atoms with Crippen molar-refractivity contribution < 1.29 is 9.53 Å². The Morgan fingerprint density at radius 2 is 1.87 bits per heavy atom. The van der Waals surface area contributed by atoms with Gasteiger partial charge >= 0.3 is 0 Å². The molecule has 1 saturated carbocycles. The third-order valence-electron chi connectivity index (χ3n) is 6.76. The first-order valence-corrected chi connectivity index (χ1v) is 12.1. The van der Waals surface area contributed by atoms with Crippen LogP contribution in [-0.2, 0) is 7.05 Å². The normalized spacial score (nSPS) is 18.6. The summed E-state index contributed by atoms with van der Waals surface area (Å²) in [7, 11) is 3.61. The largest absolute Gasteiger partial charge is 0.497 e. The quantitative estimate of drug-likeness (QED) is 0.606. The Bertz CT molecular complexity index is 1070. The van der Waals surface area contributed by atoms with Gasteiger partial charge < -0.3 is 9.64 Å². The maximum absolute atomic E-state index is 13.3. The van der Waals surface area contributed by atoms with E-state index >= 15 is 0 Å². The minimum absolute atomic E-state index is 0.154. The molecule has 7 heteroatoms. The highest BCUT2D eigenvalue weighted by Gasteiger charge is 2.28. The lowest BCUT2D eigenvalue weighted by atomic mass is 9.94. The molecule has 3 heterocycles. The number of carbonyl (C=O) groups is 1. The van der Waals surface area contributed by atoms with Crippen molar-refractivity contribution >= 4 is 27.5 Å². The van der Waals surface area contributed by atoms with Crippen LogP contribution in [0, 0.1) is 0 Å². The number of carbonyl (C=O) groups excluding carboxylic acids is 1. The monoisotopic (exact) mass is 438 g/mol. The Hall–Kier alpha value is -2.38. The first-order chi connectivity index (χ1) is 15.1. The van der Waals surface area contributed by atoms with Crippen LogP contribution in [-0.4, -0.2) is 64.8 Å². The summed E-state index contributed by atoms with van der Waals surface area (Å²) >= 11 is 1.54. The maximum Gasteiger partial charge on any atom is 0.264 e. The van der Waals surface area contributed by atoms with Crippen molar-refractivity contribution in [3.8, 4) is 17.0 Å². The summed E-state index contributed by atoms with van der Waals surface area (Å²) in [5.41, 5.74) is 1.90. The van der Waals surface area contributed by atoms with Crippen LogP contribution in [0.3, 0.4) is 0 Å². The van der Waals surface area contributed by atoms with Gasteiger partial charge in [0, 0.05) is 50.2 Å². The minimum atomic E-state index is 0.154. The van der Waals surface area contributed by atoms with Gasteiger partial charge in [-0.1, -0.05) is 31.4 Å². The lowest BCUT2D eigenvalue weighted by molar-refractivity contribution is 0.0527. The molecule has 1 aliphatic heterocycles. The van der Waals surface area contributed by atoms with E-state index in [1.54, 1.807) is 18.4 Å².